The lowest BCUT2D eigenvalue weighted by molar-refractivity contribution is 0.102. The van der Waals surface area contributed by atoms with Crippen LogP contribution in [-0.2, 0) is 0 Å². The van der Waals surface area contributed by atoms with Crippen molar-refractivity contribution in [2.45, 2.75) is 6.92 Å². The van der Waals surface area contributed by atoms with E-state index in [0.717, 1.165) is 0 Å². The van der Waals surface area contributed by atoms with Crippen LogP contribution in [0, 0.1) is 6.92 Å². The Balaban J connectivity index is 2.21. The first-order valence-electron chi connectivity index (χ1n) is 4.71. The number of hydrogen-bond donors (Lipinski definition) is 2. The van der Waals surface area contributed by atoms with Gasteiger partial charge in [0.2, 0.25) is 0 Å². The number of amides is 1. The van der Waals surface area contributed by atoms with E-state index < -0.39 is 0 Å². The minimum atomic E-state index is -0.366. The molecule has 17 heavy (non-hydrogen) atoms. The topological polar surface area (TPSA) is 70.7 Å². The molecule has 0 bridgehead atoms. The van der Waals surface area contributed by atoms with Gasteiger partial charge in [-0.1, -0.05) is 23.2 Å². The smallest absolute Gasteiger partial charge is 0.278 e. The summed E-state index contributed by atoms with van der Waals surface area (Å²) in [6, 6.07) is 4.78. The van der Waals surface area contributed by atoms with Gasteiger partial charge in [-0.2, -0.15) is 15.4 Å². The summed E-state index contributed by atoms with van der Waals surface area (Å²) in [6.07, 6.45) is 0. The lowest BCUT2D eigenvalue weighted by atomic mass is 10.3. The van der Waals surface area contributed by atoms with Crippen LogP contribution >= 0.6 is 23.2 Å². The number of aromatic nitrogens is 3. The summed E-state index contributed by atoms with van der Waals surface area (Å²) < 4.78 is 0. The van der Waals surface area contributed by atoms with Gasteiger partial charge in [0.25, 0.3) is 5.91 Å². The third-order valence-corrected chi connectivity index (χ3v) is 2.49. The van der Waals surface area contributed by atoms with Gasteiger partial charge in [-0.25, -0.2) is 0 Å². The van der Waals surface area contributed by atoms with E-state index >= 15 is 0 Å². The van der Waals surface area contributed by atoms with Crippen LogP contribution in [0.4, 0.5) is 5.69 Å². The van der Waals surface area contributed by atoms with Crippen molar-refractivity contribution in [2.24, 2.45) is 0 Å². The molecule has 1 aromatic heterocycles. The number of halogens is 2. The van der Waals surface area contributed by atoms with Gasteiger partial charge >= 0.3 is 0 Å². The number of nitrogens with one attached hydrogen (secondary N) is 2. The average Bonchev–Trinajstić information content (AvgIpc) is 2.62. The molecular weight excluding hydrogens is 263 g/mol. The molecule has 0 aliphatic carbocycles. The summed E-state index contributed by atoms with van der Waals surface area (Å²) in [7, 11) is 0. The molecule has 7 heteroatoms. The molecule has 0 radical (unpaired) electrons. The van der Waals surface area contributed by atoms with Crippen molar-refractivity contribution in [3.05, 3.63) is 39.6 Å². The van der Waals surface area contributed by atoms with Crippen LogP contribution in [0.2, 0.25) is 10.0 Å². The second-order valence-corrected chi connectivity index (χ2v) is 4.24. The normalized spacial score (nSPS) is 10.3. The molecule has 2 aromatic rings. The summed E-state index contributed by atoms with van der Waals surface area (Å²) in [5, 5.41) is 13.4. The lowest BCUT2D eigenvalue weighted by Crippen LogP contribution is -2.13. The maximum Gasteiger partial charge on any atom is 0.278 e. The molecule has 0 saturated carbocycles. The Labute approximate surface area is 107 Å². The van der Waals surface area contributed by atoms with Gasteiger partial charge in [0, 0.05) is 15.7 Å². The summed E-state index contributed by atoms with van der Waals surface area (Å²) >= 11 is 11.6. The van der Waals surface area contributed by atoms with Crippen LogP contribution in [-0.4, -0.2) is 21.3 Å². The minimum Gasteiger partial charge on any atom is -0.320 e. The number of benzene rings is 1. The molecule has 0 atom stereocenters. The Bertz CT molecular complexity index is 547. The predicted molar refractivity (Wildman–Crippen MR) is 65.5 cm³/mol. The molecule has 2 N–H and O–H groups in total. The summed E-state index contributed by atoms with van der Waals surface area (Å²) in [6.45, 7) is 1.68. The molecule has 88 valence electrons. The SMILES string of the molecule is Cc1n[nH]nc1C(=O)Nc1cc(Cl)cc(Cl)c1. The Hall–Kier alpha value is -1.59. The molecule has 0 aliphatic heterocycles. The fraction of sp³-hybridized carbons (Fsp3) is 0.100. The fourth-order valence-electron chi connectivity index (χ4n) is 1.32. The molecular formula is C10H8Cl2N4O. The molecule has 5 nitrogen and oxygen atoms in total. The van der Waals surface area contributed by atoms with Gasteiger partial charge in [0.1, 0.15) is 0 Å². The number of carbonyl (C=O) groups is 1. The summed E-state index contributed by atoms with van der Waals surface area (Å²) in [5.74, 6) is -0.366. The van der Waals surface area contributed by atoms with Gasteiger partial charge < -0.3 is 5.32 Å². The second-order valence-electron chi connectivity index (χ2n) is 3.37. The molecule has 1 aromatic carbocycles. The van der Waals surface area contributed by atoms with E-state index in [-0.39, 0.29) is 11.6 Å². The first-order valence-corrected chi connectivity index (χ1v) is 5.46. The average molecular weight is 271 g/mol. The number of rotatable bonds is 2. The van der Waals surface area contributed by atoms with Crippen LogP contribution in [0.5, 0.6) is 0 Å². The van der Waals surface area contributed by atoms with Gasteiger partial charge in [-0.3, -0.25) is 4.79 Å². The number of anilines is 1. The molecule has 0 spiro atoms. The van der Waals surface area contributed by atoms with Crippen LogP contribution < -0.4 is 5.32 Å². The molecule has 0 aliphatic rings. The van der Waals surface area contributed by atoms with E-state index in [4.69, 9.17) is 23.2 Å². The van der Waals surface area contributed by atoms with Crippen LogP contribution in [0.1, 0.15) is 16.2 Å². The number of aromatic amines is 1. The monoisotopic (exact) mass is 270 g/mol. The number of hydrogen-bond acceptors (Lipinski definition) is 3. The summed E-state index contributed by atoms with van der Waals surface area (Å²) in [4.78, 5) is 11.8. The summed E-state index contributed by atoms with van der Waals surface area (Å²) in [5.41, 5.74) is 1.27. The highest BCUT2D eigenvalue weighted by Gasteiger charge is 2.13. The molecule has 1 amide bonds. The predicted octanol–water partition coefficient (Wildman–Crippen LogP) is 2.67. The quantitative estimate of drug-likeness (QED) is 0.882. The zero-order valence-electron chi connectivity index (χ0n) is 8.79. The molecule has 0 unspecified atom stereocenters. The zero-order chi connectivity index (χ0) is 12.4. The zero-order valence-corrected chi connectivity index (χ0v) is 10.3. The third-order valence-electron chi connectivity index (χ3n) is 2.06. The van der Waals surface area contributed by atoms with E-state index in [1.807, 2.05) is 0 Å². The number of aryl methyl sites for hydroxylation is 1. The molecule has 1 heterocycles. The fourth-order valence-corrected chi connectivity index (χ4v) is 1.84. The Morgan fingerprint density at radius 2 is 1.88 bits per heavy atom. The Morgan fingerprint density at radius 3 is 2.41 bits per heavy atom. The van der Waals surface area contributed by atoms with Crippen molar-refractivity contribution in [3.8, 4) is 0 Å². The van der Waals surface area contributed by atoms with Crippen molar-refractivity contribution < 1.29 is 4.79 Å². The van der Waals surface area contributed by atoms with Gasteiger partial charge in [-0.15, -0.1) is 0 Å². The Kier molecular flexibility index (Phi) is 3.31. The van der Waals surface area contributed by atoms with Crippen molar-refractivity contribution in [1.82, 2.24) is 15.4 Å². The largest absolute Gasteiger partial charge is 0.320 e. The molecule has 0 fully saturated rings. The van der Waals surface area contributed by atoms with Crippen molar-refractivity contribution >= 4 is 34.8 Å². The minimum absolute atomic E-state index is 0.237. The van der Waals surface area contributed by atoms with Crippen molar-refractivity contribution in [2.75, 3.05) is 5.32 Å². The van der Waals surface area contributed by atoms with Crippen molar-refractivity contribution in [3.63, 3.8) is 0 Å². The van der Waals surface area contributed by atoms with Gasteiger partial charge in [-0.05, 0) is 25.1 Å². The first kappa shape index (κ1) is 11.9. The first-order chi connectivity index (χ1) is 8.06. The second kappa shape index (κ2) is 4.73. The standard InChI is InChI=1S/C10H8Cl2N4O/c1-5-9(15-16-14-5)10(17)13-8-3-6(11)2-7(12)4-8/h2-4H,1H3,(H,13,17)(H,14,15,16). The van der Waals surface area contributed by atoms with E-state index in [1.54, 1.807) is 25.1 Å². The van der Waals surface area contributed by atoms with E-state index in [9.17, 15) is 4.79 Å². The van der Waals surface area contributed by atoms with Crippen molar-refractivity contribution in [1.29, 1.82) is 0 Å². The van der Waals surface area contributed by atoms with Crippen LogP contribution in [0.25, 0.3) is 0 Å². The maximum absolute atomic E-state index is 11.8. The van der Waals surface area contributed by atoms with E-state index in [1.165, 1.54) is 0 Å². The number of carbonyl (C=O) groups excluding carboxylic acids is 1. The highest BCUT2D eigenvalue weighted by Crippen LogP contribution is 2.22. The number of H-pyrrole nitrogens is 1. The molecule has 0 saturated heterocycles. The maximum atomic E-state index is 11.8. The van der Waals surface area contributed by atoms with Gasteiger partial charge in [0.15, 0.2) is 5.69 Å². The molecule has 2 rings (SSSR count). The Morgan fingerprint density at radius 1 is 1.24 bits per heavy atom. The van der Waals surface area contributed by atoms with E-state index in [0.29, 0.717) is 21.4 Å². The lowest BCUT2D eigenvalue weighted by Gasteiger charge is -2.04. The number of nitrogens with zero attached hydrogens (tertiary/aromatic N) is 2. The third kappa shape index (κ3) is 2.75. The highest BCUT2D eigenvalue weighted by atomic mass is 35.5. The van der Waals surface area contributed by atoms with E-state index in [2.05, 4.69) is 20.7 Å². The van der Waals surface area contributed by atoms with Crippen LogP contribution in [0.3, 0.4) is 0 Å². The van der Waals surface area contributed by atoms with Crippen LogP contribution in [0.15, 0.2) is 18.2 Å². The highest BCUT2D eigenvalue weighted by molar-refractivity contribution is 6.35. The van der Waals surface area contributed by atoms with Gasteiger partial charge in [0.05, 0.1) is 5.69 Å².